The van der Waals surface area contributed by atoms with Crippen molar-refractivity contribution in [3.8, 4) is 5.75 Å². The molecule has 0 fully saturated rings. The molecule has 0 aliphatic rings. The molecule has 0 saturated heterocycles. The number of benzene rings is 3. The molecule has 0 radical (unpaired) electrons. The van der Waals surface area contributed by atoms with Crippen molar-refractivity contribution in [2.24, 2.45) is 0 Å². The first-order valence-corrected chi connectivity index (χ1v) is 7.43. The standard InChI is InChI=1S/C20H17NO2/c1-16-9-8-14-19(15-16)23-20(22)21(17-10-4-2-5-11-17)18-12-6-3-7-13-18/h2-15H,1H3. The lowest BCUT2D eigenvalue weighted by atomic mass is 10.2. The highest BCUT2D eigenvalue weighted by Gasteiger charge is 2.19. The van der Waals surface area contributed by atoms with Gasteiger partial charge in [0.25, 0.3) is 0 Å². The van der Waals surface area contributed by atoms with Crippen LogP contribution in [0.25, 0.3) is 0 Å². The van der Waals surface area contributed by atoms with Crippen molar-refractivity contribution in [3.63, 3.8) is 0 Å². The molecule has 114 valence electrons. The number of hydrogen-bond donors (Lipinski definition) is 0. The highest BCUT2D eigenvalue weighted by atomic mass is 16.6. The Balaban J connectivity index is 1.94. The van der Waals surface area contributed by atoms with Crippen molar-refractivity contribution in [1.82, 2.24) is 0 Å². The van der Waals surface area contributed by atoms with Gasteiger partial charge in [-0.25, -0.2) is 9.69 Å². The molecule has 0 spiro atoms. The average molecular weight is 303 g/mol. The molecule has 0 aliphatic carbocycles. The van der Waals surface area contributed by atoms with Crippen LogP contribution in [0.5, 0.6) is 5.75 Å². The number of nitrogens with zero attached hydrogens (tertiary/aromatic N) is 1. The summed E-state index contributed by atoms with van der Waals surface area (Å²) in [6.07, 6.45) is -0.437. The molecule has 0 heterocycles. The van der Waals surface area contributed by atoms with Gasteiger partial charge < -0.3 is 4.74 Å². The molecule has 0 unspecified atom stereocenters. The largest absolute Gasteiger partial charge is 0.424 e. The molecule has 0 bridgehead atoms. The van der Waals surface area contributed by atoms with Gasteiger partial charge in [-0.3, -0.25) is 0 Å². The Hall–Kier alpha value is -3.07. The van der Waals surface area contributed by atoms with Gasteiger partial charge in [0, 0.05) is 0 Å². The van der Waals surface area contributed by atoms with Crippen LogP contribution in [-0.4, -0.2) is 6.09 Å². The van der Waals surface area contributed by atoms with Crippen LogP contribution in [-0.2, 0) is 0 Å². The van der Waals surface area contributed by atoms with E-state index in [9.17, 15) is 4.79 Å². The fourth-order valence-corrected chi connectivity index (χ4v) is 2.34. The monoisotopic (exact) mass is 303 g/mol. The first-order valence-electron chi connectivity index (χ1n) is 7.43. The fraction of sp³-hybridized carbons (Fsp3) is 0.0500. The summed E-state index contributed by atoms with van der Waals surface area (Å²) in [6, 6.07) is 26.4. The van der Waals surface area contributed by atoms with Crippen molar-refractivity contribution in [3.05, 3.63) is 90.5 Å². The van der Waals surface area contributed by atoms with E-state index in [0.717, 1.165) is 16.9 Å². The van der Waals surface area contributed by atoms with Crippen LogP contribution in [0.1, 0.15) is 5.56 Å². The van der Waals surface area contributed by atoms with E-state index >= 15 is 0 Å². The summed E-state index contributed by atoms with van der Waals surface area (Å²) < 4.78 is 5.55. The third-order valence-electron chi connectivity index (χ3n) is 3.41. The molecule has 0 aromatic heterocycles. The lowest BCUT2D eigenvalue weighted by Gasteiger charge is -2.22. The lowest BCUT2D eigenvalue weighted by Crippen LogP contribution is -2.29. The molecule has 3 rings (SSSR count). The van der Waals surface area contributed by atoms with Crippen LogP contribution in [0.3, 0.4) is 0 Å². The summed E-state index contributed by atoms with van der Waals surface area (Å²) in [5.41, 5.74) is 2.56. The topological polar surface area (TPSA) is 29.5 Å². The first-order chi connectivity index (χ1) is 11.2. The van der Waals surface area contributed by atoms with Crippen molar-refractivity contribution >= 4 is 17.5 Å². The first kappa shape index (κ1) is 14.9. The summed E-state index contributed by atoms with van der Waals surface area (Å²) in [6.45, 7) is 1.96. The molecule has 0 atom stereocenters. The molecule has 3 aromatic carbocycles. The number of carbonyl (C=O) groups is 1. The van der Waals surface area contributed by atoms with E-state index in [1.54, 1.807) is 11.0 Å². The quantitative estimate of drug-likeness (QED) is 0.654. The molecule has 3 heteroatoms. The third kappa shape index (κ3) is 3.58. The second-order valence-electron chi connectivity index (χ2n) is 5.19. The lowest BCUT2D eigenvalue weighted by molar-refractivity contribution is 0.210. The van der Waals surface area contributed by atoms with Crippen LogP contribution >= 0.6 is 0 Å². The Morgan fingerprint density at radius 1 is 0.783 bits per heavy atom. The van der Waals surface area contributed by atoms with Crippen LogP contribution in [0, 0.1) is 6.92 Å². The van der Waals surface area contributed by atoms with Crippen LogP contribution in [0.15, 0.2) is 84.9 Å². The summed E-state index contributed by atoms with van der Waals surface area (Å²) in [5.74, 6) is 0.534. The number of carbonyl (C=O) groups excluding carboxylic acids is 1. The molecule has 0 saturated carbocycles. The number of rotatable bonds is 3. The van der Waals surface area contributed by atoms with E-state index in [2.05, 4.69) is 0 Å². The number of amides is 1. The van der Waals surface area contributed by atoms with Gasteiger partial charge in [0.1, 0.15) is 5.75 Å². The van der Waals surface area contributed by atoms with Gasteiger partial charge in [-0.15, -0.1) is 0 Å². The van der Waals surface area contributed by atoms with E-state index < -0.39 is 6.09 Å². The number of anilines is 2. The van der Waals surface area contributed by atoms with Gasteiger partial charge >= 0.3 is 6.09 Å². The Bertz CT molecular complexity index is 746. The molecule has 23 heavy (non-hydrogen) atoms. The van der Waals surface area contributed by atoms with E-state index in [1.807, 2.05) is 85.8 Å². The molecule has 1 amide bonds. The minimum atomic E-state index is -0.437. The predicted molar refractivity (Wildman–Crippen MR) is 92.2 cm³/mol. The Morgan fingerprint density at radius 2 is 1.35 bits per heavy atom. The highest BCUT2D eigenvalue weighted by molar-refractivity contribution is 5.97. The summed E-state index contributed by atoms with van der Waals surface area (Å²) in [7, 11) is 0. The second kappa shape index (κ2) is 6.79. The normalized spacial score (nSPS) is 10.1. The maximum absolute atomic E-state index is 12.7. The molecule has 0 N–H and O–H groups in total. The van der Waals surface area contributed by atoms with Crippen molar-refractivity contribution in [2.45, 2.75) is 6.92 Å². The molecule has 3 aromatic rings. The van der Waals surface area contributed by atoms with E-state index in [4.69, 9.17) is 4.74 Å². The van der Waals surface area contributed by atoms with Crippen LogP contribution in [0.2, 0.25) is 0 Å². The number of ether oxygens (including phenoxy) is 1. The maximum Gasteiger partial charge on any atom is 0.424 e. The minimum absolute atomic E-state index is 0.437. The number of aryl methyl sites for hydroxylation is 1. The molecule has 0 aliphatic heterocycles. The summed E-state index contributed by atoms with van der Waals surface area (Å²) >= 11 is 0. The number of hydrogen-bond acceptors (Lipinski definition) is 2. The Kier molecular flexibility index (Phi) is 4.39. The average Bonchev–Trinajstić information content (AvgIpc) is 2.57. The van der Waals surface area contributed by atoms with E-state index in [0.29, 0.717) is 5.75 Å². The third-order valence-corrected chi connectivity index (χ3v) is 3.41. The number of para-hydroxylation sites is 2. The summed E-state index contributed by atoms with van der Waals surface area (Å²) in [5, 5.41) is 0. The molecular weight excluding hydrogens is 286 g/mol. The zero-order valence-electron chi connectivity index (χ0n) is 12.8. The van der Waals surface area contributed by atoms with Crippen LogP contribution < -0.4 is 9.64 Å². The zero-order valence-corrected chi connectivity index (χ0v) is 12.8. The summed E-state index contributed by atoms with van der Waals surface area (Å²) in [4.78, 5) is 14.3. The Morgan fingerprint density at radius 3 is 1.87 bits per heavy atom. The van der Waals surface area contributed by atoms with Crippen LogP contribution in [0.4, 0.5) is 16.2 Å². The van der Waals surface area contributed by atoms with Crippen molar-refractivity contribution in [2.75, 3.05) is 4.90 Å². The van der Waals surface area contributed by atoms with Gasteiger partial charge in [-0.05, 0) is 48.9 Å². The second-order valence-corrected chi connectivity index (χ2v) is 5.19. The van der Waals surface area contributed by atoms with Gasteiger partial charge in [-0.2, -0.15) is 0 Å². The van der Waals surface area contributed by atoms with Crippen molar-refractivity contribution < 1.29 is 9.53 Å². The van der Waals surface area contributed by atoms with E-state index in [1.165, 1.54) is 0 Å². The highest BCUT2D eigenvalue weighted by Crippen LogP contribution is 2.26. The SMILES string of the molecule is Cc1cccc(OC(=O)N(c2ccccc2)c2ccccc2)c1. The maximum atomic E-state index is 12.7. The van der Waals surface area contributed by atoms with Gasteiger partial charge in [-0.1, -0.05) is 48.5 Å². The molecule has 3 nitrogen and oxygen atoms in total. The molecular formula is C20H17NO2. The minimum Gasteiger partial charge on any atom is -0.410 e. The predicted octanol–water partition coefficient (Wildman–Crippen LogP) is 5.33. The smallest absolute Gasteiger partial charge is 0.410 e. The fourth-order valence-electron chi connectivity index (χ4n) is 2.34. The zero-order chi connectivity index (χ0) is 16.1. The Labute approximate surface area is 135 Å². The van der Waals surface area contributed by atoms with Gasteiger partial charge in [0.2, 0.25) is 0 Å². The van der Waals surface area contributed by atoms with Crippen molar-refractivity contribution in [1.29, 1.82) is 0 Å². The van der Waals surface area contributed by atoms with Gasteiger partial charge in [0.15, 0.2) is 0 Å². The van der Waals surface area contributed by atoms with E-state index in [-0.39, 0.29) is 0 Å². The van der Waals surface area contributed by atoms with Gasteiger partial charge in [0.05, 0.1) is 11.4 Å².